The van der Waals surface area contributed by atoms with Gasteiger partial charge in [0, 0.05) is 56.0 Å². The number of aromatic nitrogens is 1. The van der Waals surface area contributed by atoms with Crippen LogP contribution < -0.4 is 21.1 Å². The second kappa shape index (κ2) is 17.7. The molecule has 0 fully saturated rings. The molecule has 14 rings (SSSR count). The van der Waals surface area contributed by atoms with Crippen molar-refractivity contribution in [2.75, 3.05) is 10.2 Å². The van der Waals surface area contributed by atoms with E-state index in [0.29, 0.717) is 0 Å². The third kappa shape index (κ3) is 7.85. The molecule has 0 bridgehead atoms. The Bertz CT molecular complexity index is 4160. The van der Waals surface area contributed by atoms with Crippen molar-refractivity contribution in [3.05, 3.63) is 229 Å². The molecule has 0 saturated carbocycles. The highest BCUT2D eigenvalue weighted by Crippen LogP contribution is 2.51. The van der Waals surface area contributed by atoms with Gasteiger partial charge in [0.25, 0.3) is 0 Å². The summed E-state index contributed by atoms with van der Waals surface area (Å²) < 4.78 is 2.66. The zero-order valence-corrected chi connectivity index (χ0v) is 46.4. The van der Waals surface area contributed by atoms with Gasteiger partial charge in [0.1, 0.15) is 0 Å². The fourth-order valence-electron chi connectivity index (χ4n) is 13.8. The summed E-state index contributed by atoms with van der Waals surface area (Å²) in [6.45, 7) is 19.5. The van der Waals surface area contributed by atoms with Crippen molar-refractivity contribution in [1.82, 2.24) is 4.57 Å². The lowest BCUT2D eigenvalue weighted by atomic mass is 9.55. The zero-order chi connectivity index (χ0) is 53.3. The van der Waals surface area contributed by atoms with Gasteiger partial charge in [-0.1, -0.05) is 182 Å². The van der Waals surface area contributed by atoms with Crippen molar-refractivity contribution in [3.63, 3.8) is 0 Å². The molecule has 381 valence electrons. The Balaban J connectivity index is 1.11. The molecule has 1 aliphatic heterocycles. The first-order valence-corrected chi connectivity index (χ1v) is 28.3. The molecule has 2 aliphatic carbocycles. The van der Waals surface area contributed by atoms with Crippen LogP contribution in [0.2, 0.25) is 0 Å². The van der Waals surface area contributed by atoms with E-state index < -0.39 is 0 Å². The summed E-state index contributed by atoms with van der Waals surface area (Å²) >= 11 is 0. The number of nitrogens with zero attached hydrogens (tertiary/aromatic N) is 2. The number of para-hydroxylation sites is 2. The van der Waals surface area contributed by atoms with Crippen LogP contribution in [0.4, 0.5) is 28.4 Å². The third-order valence-corrected chi connectivity index (χ3v) is 18.5. The van der Waals surface area contributed by atoms with E-state index in [1.807, 2.05) is 0 Å². The molecule has 10 aromatic carbocycles. The molecule has 3 aliphatic rings. The quantitative estimate of drug-likeness (QED) is 0.153. The van der Waals surface area contributed by atoms with E-state index in [0.717, 1.165) is 53.3 Å². The second-order valence-corrected chi connectivity index (χ2v) is 25.4. The average molecular weight is 1010 g/mol. The molecular weight excluding hydrogens is 942 g/mol. The van der Waals surface area contributed by atoms with E-state index in [-0.39, 0.29) is 21.7 Å². The monoisotopic (exact) mass is 1010 g/mol. The van der Waals surface area contributed by atoms with Gasteiger partial charge in [-0.25, -0.2) is 0 Å². The van der Waals surface area contributed by atoms with Crippen molar-refractivity contribution in [2.45, 2.75) is 103 Å². The Morgan fingerprint density at radius 3 is 1.65 bits per heavy atom. The maximum absolute atomic E-state index is 4.14. The molecule has 0 saturated heterocycles. The van der Waals surface area contributed by atoms with E-state index in [4.69, 9.17) is 0 Å². The fourth-order valence-corrected chi connectivity index (χ4v) is 13.8. The molecule has 1 radical (unpaired) electrons. The maximum atomic E-state index is 4.14. The number of rotatable bonds is 8. The van der Waals surface area contributed by atoms with Crippen molar-refractivity contribution in [3.8, 4) is 39.1 Å². The first kappa shape index (κ1) is 48.3. The average Bonchev–Trinajstić information content (AvgIpc) is 3.78. The molecular formula is C74H67BN3. The molecule has 2 heterocycles. The van der Waals surface area contributed by atoms with Crippen molar-refractivity contribution >= 4 is 79.2 Å². The number of anilines is 5. The maximum Gasteiger partial charge on any atom is 0.197 e. The Hall–Kier alpha value is -8.08. The summed E-state index contributed by atoms with van der Waals surface area (Å²) in [7, 11) is 2.56. The van der Waals surface area contributed by atoms with Crippen LogP contribution in [-0.2, 0) is 21.7 Å². The first-order valence-electron chi connectivity index (χ1n) is 28.3. The summed E-state index contributed by atoms with van der Waals surface area (Å²) in [4.78, 5) is 2.41. The molecule has 78 heavy (non-hydrogen) atoms. The van der Waals surface area contributed by atoms with Gasteiger partial charge in [0.15, 0.2) is 7.28 Å². The molecule has 1 aromatic heterocycles. The molecule has 1 N–H and O–H groups in total. The van der Waals surface area contributed by atoms with Crippen LogP contribution in [0.3, 0.4) is 0 Å². The Labute approximate surface area is 461 Å². The Kier molecular flexibility index (Phi) is 11.0. The van der Waals surface area contributed by atoms with Crippen molar-refractivity contribution in [1.29, 1.82) is 0 Å². The highest BCUT2D eigenvalue weighted by Gasteiger charge is 2.40. The van der Waals surface area contributed by atoms with Crippen LogP contribution in [0.1, 0.15) is 103 Å². The Morgan fingerprint density at radius 2 is 0.987 bits per heavy atom. The van der Waals surface area contributed by atoms with E-state index in [1.165, 1.54) is 106 Å². The summed E-state index contributed by atoms with van der Waals surface area (Å²) in [5.41, 5.74) is 24.9. The van der Waals surface area contributed by atoms with Crippen LogP contribution >= 0.6 is 0 Å². The summed E-state index contributed by atoms with van der Waals surface area (Å²) in [5, 5.41) is 9.17. The number of hydrogen-bond acceptors (Lipinski definition) is 2. The van der Waals surface area contributed by atoms with Gasteiger partial charge < -0.3 is 14.8 Å². The van der Waals surface area contributed by atoms with Crippen LogP contribution in [0, 0.1) is 0 Å². The van der Waals surface area contributed by atoms with Crippen LogP contribution in [-0.4, -0.2) is 11.8 Å². The van der Waals surface area contributed by atoms with E-state index >= 15 is 0 Å². The second-order valence-electron chi connectivity index (χ2n) is 25.4. The lowest BCUT2D eigenvalue weighted by molar-refractivity contribution is 0.332. The molecule has 0 atom stereocenters. The van der Waals surface area contributed by atoms with Gasteiger partial charge in [-0.05, 0) is 199 Å². The molecule has 0 amide bonds. The van der Waals surface area contributed by atoms with Gasteiger partial charge in [0.05, 0.1) is 5.52 Å². The highest BCUT2D eigenvalue weighted by atomic mass is 15.1. The zero-order valence-electron chi connectivity index (χ0n) is 46.4. The molecule has 4 heteroatoms. The number of benzene rings is 10. The minimum Gasteiger partial charge on any atom is -0.355 e. The molecule has 3 nitrogen and oxygen atoms in total. The largest absolute Gasteiger partial charge is 0.355 e. The molecule has 0 unspecified atom stereocenters. The fraction of sp³-hybridized carbons (Fsp3) is 0.216. The summed E-state index contributed by atoms with van der Waals surface area (Å²) in [5.74, 6) is 0. The lowest BCUT2D eigenvalue weighted by Gasteiger charge is -2.43. The predicted octanol–water partition coefficient (Wildman–Crippen LogP) is 18.8. The smallest absolute Gasteiger partial charge is 0.197 e. The SMILES string of the molecule is CC1(C)CCC(C)(C)c2cc(Nc3ccc(N(c4ccccc4)c4ccccc4)cc3-c3cc(-c4cccc(-c5ccccc5)c4)c4c5cc6ccccc6cc5n5c4c3[B]c3cc4c(cc3-5)C(C)(C)CCC4(C)C)ccc21. The minimum absolute atomic E-state index is 0.0336. The third-order valence-electron chi connectivity index (χ3n) is 18.5. The minimum atomic E-state index is 0.0336. The van der Waals surface area contributed by atoms with Crippen LogP contribution in [0.25, 0.3) is 71.6 Å². The summed E-state index contributed by atoms with van der Waals surface area (Å²) in [6, 6.07) is 77.6. The van der Waals surface area contributed by atoms with Gasteiger partial charge in [-0.3, -0.25) is 0 Å². The molecule has 11 aromatic rings. The van der Waals surface area contributed by atoms with Gasteiger partial charge in [-0.15, -0.1) is 0 Å². The normalized spacial score (nSPS) is 16.3. The van der Waals surface area contributed by atoms with Crippen molar-refractivity contribution in [2.24, 2.45) is 0 Å². The van der Waals surface area contributed by atoms with Gasteiger partial charge in [0.2, 0.25) is 0 Å². The van der Waals surface area contributed by atoms with E-state index in [9.17, 15) is 0 Å². The van der Waals surface area contributed by atoms with Crippen LogP contribution in [0.15, 0.2) is 206 Å². The predicted molar refractivity (Wildman–Crippen MR) is 335 cm³/mol. The topological polar surface area (TPSA) is 20.2 Å². The number of nitrogens with one attached hydrogen (secondary N) is 1. The van der Waals surface area contributed by atoms with Gasteiger partial charge >= 0.3 is 0 Å². The number of hydrogen-bond donors (Lipinski definition) is 1. The van der Waals surface area contributed by atoms with Crippen LogP contribution in [0.5, 0.6) is 0 Å². The van der Waals surface area contributed by atoms with E-state index in [1.54, 1.807) is 0 Å². The molecule has 0 spiro atoms. The first-order chi connectivity index (χ1) is 37.6. The standard InChI is InChI=1S/C74H67BN3/c1-71(2)35-36-72(3,4)61-42-52(31-33-60(61)71)76-65-34-32-55(77(53-27-14-10-15-28-53)54-29-16-11-17-30-54)43-57(65)58-44-56(51-26-20-25-48(39-51)47-21-12-9-13-22-47)68-59-40-49-23-18-19-24-50(49)41-66(59)78-67-46-63-62(45-64(67)75-69(58)70(68)78)73(5,6)37-38-74(63,7)8/h9-34,39-46,76H,35-38H2,1-8H3. The highest BCUT2D eigenvalue weighted by molar-refractivity contribution is 6.73. The van der Waals surface area contributed by atoms with E-state index in [2.05, 4.69) is 284 Å². The van der Waals surface area contributed by atoms with Crippen molar-refractivity contribution < 1.29 is 0 Å². The van der Waals surface area contributed by atoms with Gasteiger partial charge in [-0.2, -0.15) is 0 Å². The number of fused-ring (bicyclic) bond motifs is 8. The summed E-state index contributed by atoms with van der Waals surface area (Å²) in [6.07, 6.45) is 4.64. The lowest BCUT2D eigenvalue weighted by Crippen LogP contribution is -2.41. The Morgan fingerprint density at radius 1 is 0.423 bits per heavy atom.